The SMILES string of the molecule is C[C@]12CC=C3[C@@H](CC=C4CC5OCCOC5C[C@@]43CCSCCO)[C@@H]1CC1OCCOC12. The van der Waals surface area contributed by atoms with E-state index >= 15 is 0 Å². The van der Waals surface area contributed by atoms with Gasteiger partial charge < -0.3 is 24.1 Å². The van der Waals surface area contributed by atoms with E-state index in [9.17, 15) is 5.11 Å². The first kappa shape index (κ1) is 22.1. The van der Waals surface area contributed by atoms with Gasteiger partial charge in [-0.05, 0) is 56.1 Å². The van der Waals surface area contributed by atoms with Crippen LogP contribution in [-0.2, 0) is 18.9 Å². The molecule has 6 heteroatoms. The van der Waals surface area contributed by atoms with Crippen LogP contribution in [0, 0.1) is 22.7 Å². The van der Waals surface area contributed by atoms with Crippen molar-refractivity contribution in [1.29, 1.82) is 0 Å². The fourth-order valence-electron chi connectivity index (χ4n) is 8.09. The number of ether oxygens (including phenoxy) is 4. The first-order valence-corrected chi connectivity index (χ1v) is 13.9. The first-order chi connectivity index (χ1) is 15.7. The summed E-state index contributed by atoms with van der Waals surface area (Å²) in [5, 5.41) is 9.30. The molecule has 5 nitrogen and oxygen atoms in total. The molecule has 4 fully saturated rings. The molecule has 4 unspecified atom stereocenters. The van der Waals surface area contributed by atoms with Gasteiger partial charge in [-0.15, -0.1) is 0 Å². The second kappa shape index (κ2) is 8.69. The Labute approximate surface area is 196 Å². The van der Waals surface area contributed by atoms with Crippen LogP contribution in [0.1, 0.15) is 45.4 Å². The third kappa shape index (κ3) is 3.39. The smallest absolute Gasteiger partial charge is 0.0897 e. The molecule has 2 saturated heterocycles. The molecule has 6 aliphatic rings. The molecule has 2 saturated carbocycles. The van der Waals surface area contributed by atoms with Gasteiger partial charge in [0.25, 0.3) is 0 Å². The number of hydrogen-bond donors (Lipinski definition) is 1. The minimum Gasteiger partial charge on any atom is -0.396 e. The van der Waals surface area contributed by atoms with Gasteiger partial charge in [0, 0.05) is 16.6 Å². The van der Waals surface area contributed by atoms with Crippen LogP contribution >= 0.6 is 11.8 Å². The summed E-state index contributed by atoms with van der Waals surface area (Å²) in [5.41, 5.74) is 3.57. The summed E-state index contributed by atoms with van der Waals surface area (Å²) in [7, 11) is 0. The van der Waals surface area contributed by atoms with Gasteiger partial charge in [-0.25, -0.2) is 0 Å². The molecule has 178 valence electrons. The maximum atomic E-state index is 9.30. The third-order valence-corrected chi connectivity index (χ3v) is 10.5. The van der Waals surface area contributed by atoms with E-state index in [1.54, 1.807) is 11.1 Å². The Kier molecular flexibility index (Phi) is 6.01. The molecule has 0 aromatic carbocycles. The molecule has 8 atom stereocenters. The van der Waals surface area contributed by atoms with Crippen LogP contribution in [-0.4, -0.2) is 74.1 Å². The molecule has 6 rings (SSSR count). The molecule has 0 amide bonds. The number of aliphatic hydroxyl groups is 1. The lowest BCUT2D eigenvalue weighted by molar-refractivity contribution is -0.162. The zero-order valence-corrected chi connectivity index (χ0v) is 20.1. The minimum atomic E-state index is 0.101. The molecule has 2 heterocycles. The van der Waals surface area contributed by atoms with E-state index in [-0.39, 0.29) is 41.9 Å². The highest BCUT2D eigenvalue weighted by molar-refractivity contribution is 7.99. The Hall–Kier alpha value is -0.370. The zero-order chi connectivity index (χ0) is 21.8. The van der Waals surface area contributed by atoms with Crippen molar-refractivity contribution in [3.63, 3.8) is 0 Å². The van der Waals surface area contributed by atoms with Crippen molar-refractivity contribution in [2.24, 2.45) is 22.7 Å². The Morgan fingerprint density at radius 2 is 1.78 bits per heavy atom. The van der Waals surface area contributed by atoms with E-state index in [0.717, 1.165) is 76.5 Å². The average molecular weight is 463 g/mol. The Bertz CT molecular complexity index is 782. The molecule has 32 heavy (non-hydrogen) atoms. The largest absolute Gasteiger partial charge is 0.396 e. The number of thioether (sulfide) groups is 1. The molecular weight excluding hydrogens is 424 g/mol. The monoisotopic (exact) mass is 462 g/mol. The van der Waals surface area contributed by atoms with Crippen LogP contribution in [0.15, 0.2) is 23.3 Å². The Morgan fingerprint density at radius 1 is 1.00 bits per heavy atom. The van der Waals surface area contributed by atoms with Crippen molar-refractivity contribution in [3.8, 4) is 0 Å². The second-order valence-corrected chi connectivity index (χ2v) is 12.1. The number of hydrogen-bond acceptors (Lipinski definition) is 6. The molecule has 2 aliphatic heterocycles. The van der Waals surface area contributed by atoms with Gasteiger partial charge in [-0.2, -0.15) is 11.8 Å². The van der Waals surface area contributed by atoms with Crippen molar-refractivity contribution in [2.45, 2.75) is 69.9 Å². The number of allylic oxidation sites excluding steroid dienone is 3. The second-order valence-electron chi connectivity index (χ2n) is 10.9. The van der Waals surface area contributed by atoms with Gasteiger partial charge in [0.1, 0.15) is 0 Å². The molecule has 0 aromatic rings. The first-order valence-electron chi connectivity index (χ1n) is 12.7. The van der Waals surface area contributed by atoms with Crippen LogP contribution in [0.3, 0.4) is 0 Å². The number of aliphatic hydroxyl groups excluding tert-OH is 1. The van der Waals surface area contributed by atoms with Gasteiger partial charge >= 0.3 is 0 Å². The highest BCUT2D eigenvalue weighted by atomic mass is 32.2. The molecule has 4 aliphatic carbocycles. The molecule has 0 aromatic heterocycles. The van der Waals surface area contributed by atoms with Gasteiger partial charge in [-0.3, -0.25) is 0 Å². The van der Waals surface area contributed by atoms with E-state index in [4.69, 9.17) is 18.9 Å². The lowest BCUT2D eigenvalue weighted by Gasteiger charge is -2.56. The van der Waals surface area contributed by atoms with Crippen LogP contribution in [0.5, 0.6) is 0 Å². The summed E-state index contributed by atoms with van der Waals surface area (Å²) >= 11 is 1.88. The van der Waals surface area contributed by atoms with E-state index < -0.39 is 0 Å². The number of rotatable bonds is 5. The molecule has 0 spiro atoms. The van der Waals surface area contributed by atoms with Crippen LogP contribution < -0.4 is 0 Å². The predicted molar refractivity (Wildman–Crippen MR) is 125 cm³/mol. The predicted octanol–water partition coefficient (Wildman–Crippen LogP) is 3.75. The van der Waals surface area contributed by atoms with Crippen molar-refractivity contribution < 1.29 is 24.1 Å². The lowest BCUT2D eigenvalue weighted by atomic mass is 9.50. The average Bonchev–Trinajstić information content (AvgIpc) is 3.13. The van der Waals surface area contributed by atoms with Gasteiger partial charge in [0.05, 0.1) is 57.5 Å². The van der Waals surface area contributed by atoms with Gasteiger partial charge in [-0.1, -0.05) is 30.2 Å². The topological polar surface area (TPSA) is 57.2 Å². The summed E-state index contributed by atoms with van der Waals surface area (Å²) in [6.07, 6.45) is 12.7. The standard InChI is InChI=1S/C26H38O5S/c1-25-5-4-19-18(20(25)15-22-24(25)31-11-10-29-22)3-2-17-14-21-23(30-9-8-28-21)16-26(17,19)6-12-32-13-7-27/h2,4,18,20-24,27H,3,5-16H2,1H3/t18-,20+,21?,22?,23?,24?,25+,26+/m1/s1. The summed E-state index contributed by atoms with van der Waals surface area (Å²) in [5.74, 6) is 3.11. The lowest BCUT2D eigenvalue weighted by Crippen LogP contribution is -2.53. The Balaban J connectivity index is 1.34. The van der Waals surface area contributed by atoms with E-state index in [1.165, 1.54) is 0 Å². The number of fused-ring (bicyclic) bond motifs is 8. The highest BCUT2D eigenvalue weighted by Gasteiger charge is 2.61. The van der Waals surface area contributed by atoms with Crippen LogP contribution in [0.4, 0.5) is 0 Å². The fraction of sp³-hybridized carbons (Fsp3) is 0.846. The molecule has 0 bridgehead atoms. The van der Waals surface area contributed by atoms with Crippen molar-refractivity contribution in [2.75, 3.05) is 44.5 Å². The maximum Gasteiger partial charge on any atom is 0.0897 e. The van der Waals surface area contributed by atoms with E-state index in [0.29, 0.717) is 11.8 Å². The summed E-state index contributed by atoms with van der Waals surface area (Å²) in [4.78, 5) is 0. The Morgan fingerprint density at radius 3 is 2.62 bits per heavy atom. The third-order valence-electron chi connectivity index (χ3n) is 9.51. The molecule has 0 radical (unpaired) electrons. The van der Waals surface area contributed by atoms with Crippen LogP contribution in [0.25, 0.3) is 0 Å². The highest BCUT2D eigenvalue weighted by Crippen LogP contribution is 2.65. The minimum absolute atomic E-state index is 0.101. The zero-order valence-electron chi connectivity index (χ0n) is 19.3. The van der Waals surface area contributed by atoms with E-state index in [2.05, 4.69) is 19.1 Å². The summed E-state index contributed by atoms with van der Waals surface area (Å²) in [6, 6.07) is 0. The van der Waals surface area contributed by atoms with Gasteiger partial charge in [0.2, 0.25) is 0 Å². The van der Waals surface area contributed by atoms with E-state index in [1.807, 2.05) is 11.8 Å². The normalized spacial score (nSPS) is 47.3. The van der Waals surface area contributed by atoms with Crippen LogP contribution in [0.2, 0.25) is 0 Å². The summed E-state index contributed by atoms with van der Waals surface area (Å²) < 4.78 is 24.9. The molecular formula is C26H38O5S. The van der Waals surface area contributed by atoms with Gasteiger partial charge in [0.15, 0.2) is 0 Å². The maximum absolute atomic E-state index is 9.30. The quantitative estimate of drug-likeness (QED) is 0.496. The molecule has 1 N–H and O–H groups in total. The van der Waals surface area contributed by atoms with Crippen molar-refractivity contribution in [3.05, 3.63) is 23.3 Å². The fourth-order valence-corrected chi connectivity index (χ4v) is 8.92. The van der Waals surface area contributed by atoms with Crippen molar-refractivity contribution in [1.82, 2.24) is 0 Å². The van der Waals surface area contributed by atoms with Crippen molar-refractivity contribution >= 4 is 11.8 Å². The summed E-state index contributed by atoms with van der Waals surface area (Å²) in [6.45, 7) is 5.64.